The van der Waals surface area contributed by atoms with Crippen LogP contribution in [0.2, 0.25) is 0 Å². The number of rotatable bonds is 8. The highest BCUT2D eigenvalue weighted by Crippen LogP contribution is 2.19. The lowest BCUT2D eigenvalue weighted by atomic mass is 9.94. The van der Waals surface area contributed by atoms with Crippen LogP contribution in [0.5, 0.6) is 0 Å². The molecule has 3 heteroatoms. The van der Waals surface area contributed by atoms with Crippen molar-refractivity contribution in [3.63, 3.8) is 0 Å². The van der Waals surface area contributed by atoms with Gasteiger partial charge < -0.3 is 15.8 Å². The largest absolute Gasteiger partial charge is 0.378 e. The molecule has 0 aliphatic heterocycles. The van der Waals surface area contributed by atoms with Gasteiger partial charge in [-0.1, -0.05) is 13.8 Å². The summed E-state index contributed by atoms with van der Waals surface area (Å²) in [5, 5.41) is 3.56. The summed E-state index contributed by atoms with van der Waals surface area (Å²) < 4.78 is 5.88. The maximum Gasteiger partial charge on any atom is 0.0576 e. The normalized spacial score (nSPS) is 25.4. The lowest BCUT2D eigenvalue weighted by Crippen LogP contribution is -2.31. The van der Waals surface area contributed by atoms with Crippen LogP contribution in [0.3, 0.4) is 0 Å². The molecule has 1 rings (SSSR count). The van der Waals surface area contributed by atoms with Crippen LogP contribution in [0.4, 0.5) is 0 Å². The molecule has 102 valence electrons. The van der Waals surface area contributed by atoms with Gasteiger partial charge in [-0.25, -0.2) is 0 Å². The molecule has 0 bridgehead atoms. The summed E-state index contributed by atoms with van der Waals surface area (Å²) in [6, 6.07) is 1.11. The Morgan fingerprint density at radius 1 is 1.18 bits per heavy atom. The van der Waals surface area contributed by atoms with Gasteiger partial charge in [0.25, 0.3) is 0 Å². The molecule has 1 saturated carbocycles. The second-order valence-electron chi connectivity index (χ2n) is 5.23. The molecule has 3 N–H and O–H groups in total. The van der Waals surface area contributed by atoms with Crippen molar-refractivity contribution < 1.29 is 4.74 Å². The van der Waals surface area contributed by atoms with Crippen LogP contribution in [0.25, 0.3) is 0 Å². The Hall–Kier alpha value is -0.120. The van der Waals surface area contributed by atoms with Crippen molar-refractivity contribution >= 4 is 0 Å². The predicted molar refractivity (Wildman–Crippen MR) is 73.2 cm³/mol. The summed E-state index contributed by atoms with van der Waals surface area (Å²) in [6.45, 7) is 6.46. The average Bonchev–Trinajstić information content (AvgIpc) is 2.36. The summed E-state index contributed by atoms with van der Waals surface area (Å²) in [5.41, 5.74) is 5.87. The van der Waals surface area contributed by atoms with Gasteiger partial charge in [-0.2, -0.15) is 0 Å². The zero-order chi connectivity index (χ0) is 12.5. The number of ether oxygens (including phenoxy) is 1. The maximum absolute atomic E-state index is 5.88. The molecule has 1 fully saturated rings. The summed E-state index contributed by atoms with van der Waals surface area (Å²) in [4.78, 5) is 0. The summed E-state index contributed by atoms with van der Waals surface area (Å²) in [7, 11) is 0. The SMILES string of the molecule is CCC(CC)NCCCOC1CCC(N)CC1. The van der Waals surface area contributed by atoms with Gasteiger partial charge in [0.15, 0.2) is 0 Å². The van der Waals surface area contributed by atoms with E-state index in [4.69, 9.17) is 10.5 Å². The molecule has 0 spiro atoms. The Balaban J connectivity index is 1.93. The lowest BCUT2D eigenvalue weighted by molar-refractivity contribution is 0.0238. The van der Waals surface area contributed by atoms with Crippen molar-refractivity contribution in [1.82, 2.24) is 5.32 Å². The minimum absolute atomic E-state index is 0.423. The fourth-order valence-electron chi connectivity index (χ4n) is 2.46. The predicted octanol–water partition coefficient (Wildman–Crippen LogP) is 2.44. The molecule has 0 aromatic carbocycles. The Morgan fingerprint density at radius 3 is 2.41 bits per heavy atom. The van der Waals surface area contributed by atoms with E-state index < -0.39 is 0 Å². The first-order valence-corrected chi connectivity index (χ1v) is 7.36. The van der Waals surface area contributed by atoms with Gasteiger partial charge in [-0.15, -0.1) is 0 Å². The van der Waals surface area contributed by atoms with Crippen LogP contribution in [0.15, 0.2) is 0 Å². The number of hydrogen-bond donors (Lipinski definition) is 2. The highest BCUT2D eigenvalue weighted by Gasteiger charge is 2.18. The molecule has 1 aliphatic carbocycles. The summed E-state index contributed by atoms with van der Waals surface area (Å²) in [6.07, 6.45) is 8.62. The van der Waals surface area contributed by atoms with E-state index >= 15 is 0 Å². The second kappa shape index (κ2) is 8.90. The number of hydrogen-bond acceptors (Lipinski definition) is 3. The Morgan fingerprint density at radius 2 is 1.82 bits per heavy atom. The van der Waals surface area contributed by atoms with Gasteiger partial charge in [-0.05, 0) is 51.5 Å². The van der Waals surface area contributed by atoms with E-state index in [2.05, 4.69) is 19.2 Å². The molecule has 0 radical (unpaired) electrons. The molecular formula is C14H30N2O. The molecule has 0 unspecified atom stereocenters. The standard InChI is InChI=1S/C14H30N2O/c1-3-13(4-2)16-10-5-11-17-14-8-6-12(15)7-9-14/h12-14,16H,3-11,15H2,1-2H3. The van der Waals surface area contributed by atoms with Crippen molar-refractivity contribution in [2.75, 3.05) is 13.2 Å². The third-order valence-electron chi connectivity index (χ3n) is 3.81. The number of nitrogens with one attached hydrogen (secondary N) is 1. The van der Waals surface area contributed by atoms with Crippen molar-refractivity contribution in [1.29, 1.82) is 0 Å². The molecular weight excluding hydrogens is 212 g/mol. The first-order chi connectivity index (χ1) is 8.26. The number of nitrogens with two attached hydrogens (primary N) is 1. The first kappa shape index (κ1) is 14.9. The van der Waals surface area contributed by atoms with E-state index in [0.717, 1.165) is 45.3 Å². The zero-order valence-corrected chi connectivity index (χ0v) is 11.6. The van der Waals surface area contributed by atoms with Crippen LogP contribution >= 0.6 is 0 Å². The van der Waals surface area contributed by atoms with Crippen LogP contribution in [0, 0.1) is 0 Å². The topological polar surface area (TPSA) is 47.3 Å². The quantitative estimate of drug-likeness (QED) is 0.643. The Labute approximate surface area is 106 Å². The molecule has 0 heterocycles. The van der Waals surface area contributed by atoms with Crippen LogP contribution in [-0.2, 0) is 4.74 Å². The first-order valence-electron chi connectivity index (χ1n) is 7.36. The van der Waals surface area contributed by atoms with Crippen molar-refractivity contribution in [3.8, 4) is 0 Å². The Bertz CT molecular complexity index is 175. The molecule has 0 amide bonds. The molecule has 0 aromatic rings. The van der Waals surface area contributed by atoms with Gasteiger partial charge in [0.1, 0.15) is 0 Å². The minimum Gasteiger partial charge on any atom is -0.378 e. The summed E-state index contributed by atoms with van der Waals surface area (Å²) >= 11 is 0. The smallest absolute Gasteiger partial charge is 0.0576 e. The average molecular weight is 242 g/mol. The third-order valence-corrected chi connectivity index (χ3v) is 3.81. The fourth-order valence-corrected chi connectivity index (χ4v) is 2.46. The van der Waals surface area contributed by atoms with Gasteiger partial charge in [0.05, 0.1) is 6.10 Å². The van der Waals surface area contributed by atoms with E-state index in [9.17, 15) is 0 Å². The molecule has 3 nitrogen and oxygen atoms in total. The van der Waals surface area contributed by atoms with E-state index in [1.807, 2.05) is 0 Å². The molecule has 0 atom stereocenters. The molecule has 17 heavy (non-hydrogen) atoms. The second-order valence-corrected chi connectivity index (χ2v) is 5.23. The highest BCUT2D eigenvalue weighted by atomic mass is 16.5. The third kappa shape index (κ3) is 6.39. The molecule has 1 aliphatic rings. The minimum atomic E-state index is 0.423. The van der Waals surface area contributed by atoms with E-state index in [0.29, 0.717) is 18.2 Å². The van der Waals surface area contributed by atoms with Crippen LogP contribution < -0.4 is 11.1 Å². The zero-order valence-electron chi connectivity index (χ0n) is 11.6. The van der Waals surface area contributed by atoms with Gasteiger partial charge in [0, 0.05) is 18.7 Å². The van der Waals surface area contributed by atoms with Gasteiger partial charge >= 0.3 is 0 Å². The monoisotopic (exact) mass is 242 g/mol. The van der Waals surface area contributed by atoms with E-state index in [1.165, 1.54) is 12.8 Å². The van der Waals surface area contributed by atoms with Crippen LogP contribution in [-0.4, -0.2) is 31.3 Å². The molecule has 0 aromatic heterocycles. The van der Waals surface area contributed by atoms with Crippen molar-refractivity contribution in [2.45, 2.75) is 77.0 Å². The highest BCUT2D eigenvalue weighted by molar-refractivity contribution is 4.74. The fraction of sp³-hybridized carbons (Fsp3) is 1.00. The summed E-state index contributed by atoms with van der Waals surface area (Å²) in [5.74, 6) is 0. The van der Waals surface area contributed by atoms with Gasteiger partial charge in [0.2, 0.25) is 0 Å². The van der Waals surface area contributed by atoms with E-state index in [1.54, 1.807) is 0 Å². The van der Waals surface area contributed by atoms with E-state index in [-0.39, 0.29) is 0 Å². The maximum atomic E-state index is 5.88. The van der Waals surface area contributed by atoms with Crippen molar-refractivity contribution in [3.05, 3.63) is 0 Å². The molecule has 0 saturated heterocycles. The van der Waals surface area contributed by atoms with Gasteiger partial charge in [-0.3, -0.25) is 0 Å². The van der Waals surface area contributed by atoms with Crippen LogP contribution in [0.1, 0.15) is 58.8 Å². The lowest BCUT2D eigenvalue weighted by Gasteiger charge is -2.26. The Kier molecular flexibility index (Phi) is 7.82. The van der Waals surface area contributed by atoms with Crippen molar-refractivity contribution in [2.24, 2.45) is 5.73 Å².